The summed E-state index contributed by atoms with van der Waals surface area (Å²) in [6, 6.07) is 20.9. The molecule has 0 aliphatic rings. The highest BCUT2D eigenvalue weighted by molar-refractivity contribution is 6.04. The third kappa shape index (κ3) is 5.64. The van der Waals surface area contributed by atoms with Crippen molar-refractivity contribution < 1.29 is 19.2 Å². The van der Waals surface area contributed by atoms with Crippen molar-refractivity contribution in [3.8, 4) is 5.75 Å². The average Bonchev–Trinajstić information content (AvgIpc) is 2.73. The van der Waals surface area contributed by atoms with E-state index in [1.54, 1.807) is 36.4 Å². The molecule has 146 valence electrons. The fourth-order valence-corrected chi connectivity index (χ4v) is 2.48. The summed E-state index contributed by atoms with van der Waals surface area (Å²) in [5.41, 5.74) is 1.15. The summed E-state index contributed by atoms with van der Waals surface area (Å²) in [6.45, 7) is -0.149. The quantitative estimate of drug-likeness (QED) is 0.469. The topological polar surface area (TPSA) is 111 Å². The van der Waals surface area contributed by atoms with Gasteiger partial charge in [0.2, 0.25) is 0 Å². The lowest BCUT2D eigenvalue weighted by atomic mass is 10.2. The molecule has 0 atom stereocenters. The zero-order chi connectivity index (χ0) is 20.6. The highest BCUT2D eigenvalue weighted by Crippen LogP contribution is 2.18. The standard InChI is InChI=1S/C21H17N3O5/c25-20(14-29-19-7-2-1-3-8-19)22-16-5-4-6-17(13-16)23-21(26)15-9-11-18(12-10-15)24(27)28/h1-13H,14H2,(H,22,25)(H,23,26). The maximum atomic E-state index is 12.3. The first kappa shape index (κ1) is 19.6. The second kappa shape index (κ2) is 9.14. The second-order valence-corrected chi connectivity index (χ2v) is 5.99. The number of carbonyl (C=O) groups is 2. The molecule has 0 saturated carbocycles. The van der Waals surface area contributed by atoms with E-state index in [-0.39, 0.29) is 23.8 Å². The molecule has 0 aliphatic heterocycles. The number of nitro groups is 1. The van der Waals surface area contributed by atoms with Gasteiger partial charge in [-0.05, 0) is 42.5 Å². The molecule has 2 N–H and O–H groups in total. The summed E-state index contributed by atoms with van der Waals surface area (Å²) in [5.74, 6) is -0.171. The number of ether oxygens (including phenoxy) is 1. The van der Waals surface area contributed by atoms with Crippen LogP contribution >= 0.6 is 0 Å². The summed E-state index contributed by atoms with van der Waals surface area (Å²) in [4.78, 5) is 34.5. The largest absolute Gasteiger partial charge is 0.484 e. The molecule has 8 nitrogen and oxygen atoms in total. The summed E-state index contributed by atoms with van der Waals surface area (Å²) in [5, 5.41) is 16.1. The molecule has 0 radical (unpaired) electrons. The number of anilines is 2. The van der Waals surface area contributed by atoms with Crippen molar-refractivity contribution in [3.63, 3.8) is 0 Å². The van der Waals surface area contributed by atoms with Crippen LogP contribution < -0.4 is 15.4 Å². The number of benzene rings is 3. The molecule has 0 aromatic heterocycles. The second-order valence-electron chi connectivity index (χ2n) is 5.99. The lowest BCUT2D eigenvalue weighted by molar-refractivity contribution is -0.384. The van der Waals surface area contributed by atoms with E-state index in [4.69, 9.17) is 4.74 Å². The number of nitrogens with one attached hydrogen (secondary N) is 2. The zero-order valence-electron chi connectivity index (χ0n) is 15.2. The molecular formula is C21H17N3O5. The number of amides is 2. The summed E-state index contributed by atoms with van der Waals surface area (Å²) < 4.78 is 5.39. The van der Waals surface area contributed by atoms with Gasteiger partial charge in [0.25, 0.3) is 17.5 Å². The van der Waals surface area contributed by atoms with Crippen LogP contribution in [0.3, 0.4) is 0 Å². The van der Waals surface area contributed by atoms with Gasteiger partial charge in [0, 0.05) is 29.1 Å². The number of hydrogen-bond acceptors (Lipinski definition) is 5. The molecule has 3 rings (SSSR count). The number of nitro benzene ring substituents is 1. The van der Waals surface area contributed by atoms with E-state index in [2.05, 4.69) is 10.6 Å². The molecular weight excluding hydrogens is 374 g/mol. The van der Waals surface area contributed by atoms with Crippen LogP contribution in [-0.2, 0) is 4.79 Å². The minimum atomic E-state index is -0.532. The van der Waals surface area contributed by atoms with Crippen molar-refractivity contribution in [2.24, 2.45) is 0 Å². The highest BCUT2D eigenvalue weighted by Gasteiger charge is 2.10. The van der Waals surface area contributed by atoms with Gasteiger partial charge in [-0.2, -0.15) is 0 Å². The minimum absolute atomic E-state index is 0.0935. The Balaban J connectivity index is 1.58. The van der Waals surface area contributed by atoms with Gasteiger partial charge < -0.3 is 15.4 Å². The van der Waals surface area contributed by atoms with Crippen molar-refractivity contribution in [1.82, 2.24) is 0 Å². The number of para-hydroxylation sites is 1. The SMILES string of the molecule is O=C(COc1ccccc1)Nc1cccc(NC(=O)c2ccc([N+](=O)[O-])cc2)c1. The fraction of sp³-hybridized carbons (Fsp3) is 0.0476. The van der Waals surface area contributed by atoms with E-state index >= 15 is 0 Å². The molecule has 0 heterocycles. The van der Waals surface area contributed by atoms with Crippen LogP contribution in [0.15, 0.2) is 78.9 Å². The maximum absolute atomic E-state index is 12.3. The van der Waals surface area contributed by atoms with Gasteiger partial charge in [-0.15, -0.1) is 0 Å². The number of nitrogens with zero attached hydrogens (tertiary/aromatic N) is 1. The molecule has 8 heteroatoms. The summed E-state index contributed by atoms with van der Waals surface area (Å²) in [7, 11) is 0. The van der Waals surface area contributed by atoms with Crippen molar-refractivity contribution in [1.29, 1.82) is 0 Å². The van der Waals surface area contributed by atoms with Gasteiger partial charge in [0.15, 0.2) is 6.61 Å². The Kier molecular flexibility index (Phi) is 6.16. The Morgan fingerprint density at radius 2 is 1.52 bits per heavy atom. The normalized spacial score (nSPS) is 10.1. The first-order valence-electron chi connectivity index (χ1n) is 8.65. The number of rotatable bonds is 7. The molecule has 3 aromatic rings. The van der Waals surface area contributed by atoms with E-state index < -0.39 is 10.8 Å². The van der Waals surface area contributed by atoms with Crippen LogP contribution in [0.25, 0.3) is 0 Å². The van der Waals surface area contributed by atoms with E-state index in [1.807, 2.05) is 18.2 Å². The Morgan fingerprint density at radius 1 is 0.862 bits per heavy atom. The van der Waals surface area contributed by atoms with Crippen molar-refractivity contribution >= 4 is 28.9 Å². The predicted molar refractivity (Wildman–Crippen MR) is 108 cm³/mol. The van der Waals surface area contributed by atoms with Crippen LogP contribution in [0.4, 0.5) is 17.1 Å². The zero-order valence-corrected chi connectivity index (χ0v) is 15.2. The molecule has 2 amide bonds. The average molecular weight is 391 g/mol. The van der Waals surface area contributed by atoms with E-state index in [9.17, 15) is 19.7 Å². The van der Waals surface area contributed by atoms with Crippen molar-refractivity contribution in [2.75, 3.05) is 17.2 Å². The van der Waals surface area contributed by atoms with Crippen molar-refractivity contribution in [3.05, 3.63) is 94.5 Å². The van der Waals surface area contributed by atoms with Gasteiger partial charge in [-0.25, -0.2) is 0 Å². The summed E-state index contributed by atoms with van der Waals surface area (Å²) >= 11 is 0. The Bertz CT molecular complexity index is 1020. The van der Waals surface area contributed by atoms with Gasteiger partial charge in [0.1, 0.15) is 5.75 Å². The Morgan fingerprint density at radius 3 is 2.17 bits per heavy atom. The minimum Gasteiger partial charge on any atom is -0.484 e. The van der Waals surface area contributed by atoms with Crippen LogP contribution in [0.1, 0.15) is 10.4 Å². The first-order valence-corrected chi connectivity index (χ1v) is 8.65. The van der Waals surface area contributed by atoms with E-state index in [0.717, 1.165) is 0 Å². The molecule has 0 spiro atoms. The van der Waals surface area contributed by atoms with E-state index in [0.29, 0.717) is 17.1 Å². The van der Waals surface area contributed by atoms with Crippen molar-refractivity contribution in [2.45, 2.75) is 0 Å². The first-order chi connectivity index (χ1) is 14.0. The van der Waals surface area contributed by atoms with Crippen LogP contribution in [0.5, 0.6) is 5.75 Å². The third-order valence-corrected chi connectivity index (χ3v) is 3.86. The molecule has 0 bridgehead atoms. The Labute approximate surface area is 166 Å². The van der Waals surface area contributed by atoms with Crippen LogP contribution in [0, 0.1) is 10.1 Å². The molecule has 0 aliphatic carbocycles. The predicted octanol–water partition coefficient (Wildman–Crippen LogP) is 3.86. The van der Waals surface area contributed by atoms with E-state index in [1.165, 1.54) is 24.3 Å². The molecule has 0 fully saturated rings. The van der Waals surface area contributed by atoms with Crippen LogP contribution in [-0.4, -0.2) is 23.3 Å². The number of carbonyl (C=O) groups excluding carboxylic acids is 2. The number of hydrogen-bond donors (Lipinski definition) is 2. The van der Waals surface area contributed by atoms with Gasteiger partial charge in [-0.3, -0.25) is 19.7 Å². The lowest BCUT2D eigenvalue weighted by Crippen LogP contribution is -2.20. The summed E-state index contributed by atoms with van der Waals surface area (Å²) in [6.07, 6.45) is 0. The Hall–Kier alpha value is -4.20. The molecule has 3 aromatic carbocycles. The molecule has 0 saturated heterocycles. The highest BCUT2D eigenvalue weighted by atomic mass is 16.6. The van der Waals surface area contributed by atoms with Gasteiger partial charge >= 0.3 is 0 Å². The monoisotopic (exact) mass is 391 g/mol. The third-order valence-electron chi connectivity index (χ3n) is 3.86. The maximum Gasteiger partial charge on any atom is 0.269 e. The fourth-order valence-electron chi connectivity index (χ4n) is 2.48. The smallest absolute Gasteiger partial charge is 0.269 e. The lowest BCUT2D eigenvalue weighted by Gasteiger charge is -2.10. The number of non-ortho nitro benzene ring substituents is 1. The van der Waals surface area contributed by atoms with Gasteiger partial charge in [-0.1, -0.05) is 24.3 Å². The molecule has 29 heavy (non-hydrogen) atoms. The van der Waals surface area contributed by atoms with Gasteiger partial charge in [0.05, 0.1) is 4.92 Å². The molecule has 0 unspecified atom stereocenters. The van der Waals surface area contributed by atoms with Crippen LogP contribution in [0.2, 0.25) is 0 Å².